The molecule has 3 rings (SSSR count). The van der Waals surface area contributed by atoms with Crippen molar-refractivity contribution in [3.05, 3.63) is 69.8 Å². The van der Waals surface area contributed by atoms with E-state index in [9.17, 15) is 14.9 Å². The van der Waals surface area contributed by atoms with Crippen LogP contribution in [0.4, 0.5) is 5.69 Å². The summed E-state index contributed by atoms with van der Waals surface area (Å²) in [6, 6.07) is 14.5. The summed E-state index contributed by atoms with van der Waals surface area (Å²) in [5.74, 6) is -0.166. The molecule has 0 heterocycles. The molecular formula is C20H22N2O4. The quantitative estimate of drug-likeness (QED) is 0.631. The van der Waals surface area contributed by atoms with Crippen LogP contribution >= 0.6 is 0 Å². The van der Waals surface area contributed by atoms with Gasteiger partial charge in [-0.1, -0.05) is 43.2 Å². The van der Waals surface area contributed by atoms with Crippen molar-refractivity contribution in [3.63, 3.8) is 0 Å². The predicted molar refractivity (Wildman–Crippen MR) is 98.6 cm³/mol. The van der Waals surface area contributed by atoms with Crippen LogP contribution in [0.3, 0.4) is 0 Å². The van der Waals surface area contributed by atoms with E-state index in [0.29, 0.717) is 6.54 Å². The van der Waals surface area contributed by atoms with Crippen LogP contribution in [0.5, 0.6) is 5.75 Å². The highest BCUT2D eigenvalue weighted by Gasteiger charge is 2.35. The van der Waals surface area contributed by atoms with E-state index < -0.39 is 4.92 Å². The second-order valence-electron chi connectivity index (χ2n) is 6.68. The Morgan fingerprint density at radius 3 is 2.50 bits per heavy atom. The average Bonchev–Trinajstić information content (AvgIpc) is 3.16. The highest BCUT2D eigenvalue weighted by atomic mass is 16.6. The first-order valence-electron chi connectivity index (χ1n) is 8.72. The maximum absolute atomic E-state index is 12.6. The minimum atomic E-state index is -0.544. The monoisotopic (exact) mass is 354 g/mol. The van der Waals surface area contributed by atoms with Crippen molar-refractivity contribution in [3.8, 4) is 5.75 Å². The standard InChI is InChI=1S/C20H22N2O4/c1-26-18-10-9-15(13-17(18)22(24)25)19(23)21-14-20(11-5-6-12-20)16-7-3-2-4-8-16/h2-4,7-10,13H,5-6,11-12,14H2,1H3,(H,21,23). The minimum Gasteiger partial charge on any atom is -0.490 e. The SMILES string of the molecule is COc1ccc(C(=O)NCC2(c3ccccc3)CCCC2)cc1[N+](=O)[O-]. The van der Waals surface area contributed by atoms with Crippen molar-refractivity contribution in [1.82, 2.24) is 5.32 Å². The molecule has 6 heteroatoms. The zero-order valence-electron chi connectivity index (χ0n) is 14.7. The molecule has 136 valence electrons. The number of carbonyl (C=O) groups excluding carboxylic acids is 1. The van der Waals surface area contributed by atoms with E-state index in [1.165, 1.54) is 24.8 Å². The van der Waals surface area contributed by atoms with Crippen molar-refractivity contribution < 1.29 is 14.5 Å². The molecule has 0 atom stereocenters. The van der Waals surface area contributed by atoms with Gasteiger partial charge in [0.05, 0.1) is 12.0 Å². The number of nitro groups is 1. The van der Waals surface area contributed by atoms with Gasteiger partial charge in [0.1, 0.15) is 0 Å². The maximum atomic E-state index is 12.6. The zero-order valence-corrected chi connectivity index (χ0v) is 14.7. The predicted octanol–water partition coefficient (Wildman–Crippen LogP) is 3.85. The molecule has 1 saturated carbocycles. The third-order valence-electron chi connectivity index (χ3n) is 5.17. The van der Waals surface area contributed by atoms with Gasteiger partial charge in [-0.05, 0) is 30.5 Å². The van der Waals surface area contributed by atoms with Crippen LogP contribution in [0.15, 0.2) is 48.5 Å². The Balaban J connectivity index is 1.77. The summed E-state index contributed by atoms with van der Waals surface area (Å²) >= 11 is 0. The molecule has 0 aromatic heterocycles. The van der Waals surface area contributed by atoms with Crippen molar-refractivity contribution in [1.29, 1.82) is 0 Å². The normalized spacial score (nSPS) is 15.4. The number of hydrogen-bond acceptors (Lipinski definition) is 4. The molecular weight excluding hydrogens is 332 g/mol. The number of nitrogens with zero attached hydrogens (tertiary/aromatic N) is 1. The molecule has 1 aliphatic rings. The molecule has 1 fully saturated rings. The van der Waals surface area contributed by atoms with E-state index in [1.54, 1.807) is 6.07 Å². The van der Waals surface area contributed by atoms with E-state index in [4.69, 9.17) is 4.74 Å². The zero-order chi connectivity index (χ0) is 18.6. The van der Waals surface area contributed by atoms with Gasteiger partial charge in [0.2, 0.25) is 0 Å². The molecule has 0 unspecified atom stereocenters. The Hall–Kier alpha value is -2.89. The molecule has 2 aromatic rings. The Kier molecular flexibility index (Phi) is 5.21. The van der Waals surface area contributed by atoms with Crippen molar-refractivity contribution in [2.24, 2.45) is 0 Å². The van der Waals surface area contributed by atoms with E-state index in [1.807, 2.05) is 18.2 Å². The summed E-state index contributed by atoms with van der Waals surface area (Å²) < 4.78 is 4.98. The number of methoxy groups -OCH3 is 1. The minimum absolute atomic E-state index is 0.0602. The molecule has 0 saturated heterocycles. The second kappa shape index (κ2) is 7.56. The highest BCUT2D eigenvalue weighted by Crippen LogP contribution is 2.40. The Bertz CT molecular complexity index is 799. The lowest BCUT2D eigenvalue weighted by Crippen LogP contribution is -2.39. The molecule has 1 aliphatic carbocycles. The fourth-order valence-corrected chi connectivity index (χ4v) is 3.74. The number of hydrogen-bond donors (Lipinski definition) is 1. The summed E-state index contributed by atoms with van der Waals surface area (Å²) in [6.45, 7) is 0.523. The first-order valence-corrected chi connectivity index (χ1v) is 8.72. The molecule has 0 spiro atoms. The van der Waals surface area contributed by atoms with Gasteiger partial charge in [-0.15, -0.1) is 0 Å². The molecule has 0 bridgehead atoms. The van der Waals surface area contributed by atoms with Gasteiger partial charge >= 0.3 is 5.69 Å². The topological polar surface area (TPSA) is 81.5 Å². The van der Waals surface area contributed by atoms with Crippen LogP contribution < -0.4 is 10.1 Å². The molecule has 6 nitrogen and oxygen atoms in total. The third-order valence-corrected chi connectivity index (χ3v) is 5.17. The van der Waals surface area contributed by atoms with Crippen molar-refractivity contribution in [2.45, 2.75) is 31.1 Å². The fraction of sp³-hybridized carbons (Fsp3) is 0.350. The summed E-state index contributed by atoms with van der Waals surface area (Å²) in [4.78, 5) is 23.2. The number of carbonyl (C=O) groups is 1. The Labute approximate surface area is 152 Å². The van der Waals surface area contributed by atoms with Crippen molar-refractivity contribution in [2.75, 3.05) is 13.7 Å². The molecule has 0 radical (unpaired) electrons. The summed E-state index contributed by atoms with van der Waals surface area (Å²) in [5.41, 5.74) is 1.23. The summed E-state index contributed by atoms with van der Waals surface area (Å²) in [6.07, 6.45) is 4.33. The highest BCUT2D eigenvalue weighted by molar-refractivity contribution is 5.95. The Morgan fingerprint density at radius 2 is 1.88 bits per heavy atom. The number of amides is 1. The third kappa shape index (κ3) is 3.54. The van der Waals surface area contributed by atoms with Gasteiger partial charge < -0.3 is 10.1 Å². The molecule has 26 heavy (non-hydrogen) atoms. The van der Waals surface area contributed by atoms with Gasteiger partial charge in [-0.2, -0.15) is 0 Å². The molecule has 1 amide bonds. The van der Waals surface area contributed by atoms with Gasteiger partial charge in [0, 0.05) is 23.6 Å². The van der Waals surface area contributed by atoms with Crippen LogP contribution in [0, 0.1) is 10.1 Å². The van der Waals surface area contributed by atoms with E-state index in [0.717, 1.165) is 25.7 Å². The van der Waals surface area contributed by atoms with Crippen LogP contribution in [0.2, 0.25) is 0 Å². The Morgan fingerprint density at radius 1 is 1.19 bits per heavy atom. The summed E-state index contributed by atoms with van der Waals surface area (Å²) in [5, 5.41) is 14.1. The first kappa shape index (κ1) is 17.9. The average molecular weight is 354 g/mol. The van der Waals surface area contributed by atoms with Crippen LogP contribution in [-0.4, -0.2) is 24.5 Å². The van der Waals surface area contributed by atoms with Crippen molar-refractivity contribution >= 4 is 11.6 Å². The lowest BCUT2D eigenvalue weighted by atomic mass is 9.79. The molecule has 2 aromatic carbocycles. The van der Waals surface area contributed by atoms with Gasteiger partial charge in [0.25, 0.3) is 5.91 Å². The van der Waals surface area contributed by atoms with Crippen LogP contribution in [0.1, 0.15) is 41.6 Å². The van der Waals surface area contributed by atoms with Gasteiger partial charge in [0.15, 0.2) is 5.75 Å². The van der Waals surface area contributed by atoms with Gasteiger partial charge in [-0.3, -0.25) is 14.9 Å². The number of nitro benzene ring substituents is 1. The van der Waals surface area contributed by atoms with E-state index in [2.05, 4.69) is 17.4 Å². The number of benzene rings is 2. The summed E-state index contributed by atoms with van der Waals surface area (Å²) in [7, 11) is 1.37. The lowest BCUT2D eigenvalue weighted by molar-refractivity contribution is -0.385. The molecule has 0 aliphatic heterocycles. The van der Waals surface area contributed by atoms with E-state index >= 15 is 0 Å². The first-order chi connectivity index (χ1) is 12.6. The number of ether oxygens (including phenoxy) is 1. The number of rotatable bonds is 6. The largest absolute Gasteiger partial charge is 0.490 e. The fourth-order valence-electron chi connectivity index (χ4n) is 3.74. The van der Waals surface area contributed by atoms with Crippen LogP contribution in [0.25, 0.3) is 0 Å². The van der Waals surface area contributed by atoms with Crippen LogP contribution in [-0.2, 0) is 5.41 Å². The second-order valence-corrected chi connectivity index (χ2v) is 6.68. The van der Waals surface area contributed by atoms with Gasteiger partial charge in [-0.25, -0.2) is 0 Å². The molecule has 1 N–H and O–H groups in total. The maximum Gasteiger partial charge on any atom is 0.311 e. The van der Waals surface area contributed by atoms with E-state index in [-0.39, 0.29) is 28.3 Å². The lowest BCUT2D eigenvalue weighted by Gasteiger charge is -2.30. The number of nitrogens with one attached hydrogen (secondary N) is 1. The smallest absolute Gasteiger partial charge is 0.311 e.